The average Bonchev–Trinajstić information content (AvgIpc) is 2.61. The molecule has 0 unspecified atom stereocenters. The van der Waals surface area contributed by atoms with Gasteiger partial charge in [0.05, 0.1) is 12.8 Å². The number of rotatable bonds is 10. The predicted molar refractivity (Wildman–Crippen MR) is 100 cm³/mol. The molecule has 1 N–H and O–H groups in total. The third-order valence-electron chi connectivity index (χ3n) is 3.72. The van der Waals surface area contributed by atoms with Gasteiger partial charge in [-0.05, 0) is 37.0 Å². The molecule has 130 valence electrons. The molecular formula is C19H26ClN3O. The van der Waals surface area contributed by atoms with Crippen molar-refractivity contribution in [3.8, 4) is 5.75 Å². The van der Waals surface area contributed by atoms with E-state index >= 15 is 0 Å². The van der Waals surface area contributed by atoms with E-state index in [1.54, 1.807) is 6.20 Å². The number of nitrogens with one attached hydrogen (secondary N) is 1. The van der Waals surface area contributed by atoms with Crippen molar-refractivity contribution in [2.45, 2.75) is 46.0 Å². The van der Waals surface area contributed by atoms with Gasteiger partial charge in [0.25, 0.3) is 0 Å². The van der Waals surface area contributed by atoms with E-state index < -0.39 is 0 Å². The summed E-state index contributed by atoms with van der Waals surface area (Å²) in [6.45, 7) is 5.77. The van der Waals surface area contributed by atoms with Crippen LogP contribution >= 0.6 is 11.6 Å². The molecule has 5 heteroatoms. The van der Waals surface area contributed by atoms with E-state index in [9.17, 15) is 0 Å². The molecule has 0 aliphatic carbocycles. The highest BCUT2D eigenvalue weighted by Crippen LogP contribution is 2.21. The molecule has 2 aromatic rings. The molecule has 0 fully saturated rings. The second kappa shape index (κ2) is 10.1. The standard InChI is InChI=1S/C19H26ClN3O/c1-3-5-12-21-19-17(14-22-18(4-2)23-19)24-13-6-7-15-8-10-16(20)11-9-15/h8-11,14H,3-7,12-13H2,1-2H3,(H,21,22,23). The third kappa shape index (κ3) is 6.00. The molecule has 0 radical (unpaired) electrons. The molecule has 0 saturated carbocycles. The van der Waals surface area contributed by atoms with E-state index in [2.05, 4.69) is 41.3 Å². The van der Waals surface area contributed by atoms with E-state index in [0.717, 1.165) is 61.1 Å². The molecule has 0 aliphatic heterocycles. The van der Waals surface area contributed by atoms with E-state index in [1.807, 2.05) is 12.1 Å². The van der Waals surface area contributed by atoms with Gasteiger partial charge in [-0.25, -0.2) is 9.97 Å². The maximum absolute atomic E-state index is 5.90. The third-order valence-corrected chi connectivity index (χ3v) is 3.98. The van der Waals surface area contributed by atoms with Gasteiger partial charge in [0.15, 0.2) is 11.6 Å². The molecule has 0 aliphatic rings. The summed E-state index contributed by atoms with van der Waals surface area (Å²) < 4.78 is 5.90. The zero-order valence-electron chi connectivity index (χ0n) is 14.5. The van der Waals surface area contributed by atoms with Crippen molar-refractivity contribution in [2.75, 3.05) is 18.5 Å². The number of anilines is 1. The first kappa shape index (κ1) is 18.5. The van der Waals surface area contributed by atoms with E-state index in [4.69, 9.17) is 16.3 Å². The highest BCUT2D eigenvalue weighted by atomic mass is 35.5. The van der Waals surface area contributed by atoms with Crippen LogP contribution in [0.15, 0.2) is 30.5 Å². The normalized spacial score (nSPS) is 10.6. The second-order valence-corrected chi connectivity index (χ2v) is 6.15. The summed E-state index contributed by atoms with van der Waals surface area (Å²) in [7, 11) is 0. The van der Waals surface area contributed by atoms with Gasteiger partial charge < -0.3 is 10.1 Å². The van der Waals surface area contributed by atoms with Crippen molar-refractivity contribution in [1.29, 1.82) is 0 Å². The largest absolute Gasteiger partial charge is 0.488 e. The minimum atomic E-state index is 0.639. The minimum Gasteiger partial charge on any atom is -0.488 e. The van der Waals surface area contributed by atoms with Crippen LogP contribution in [0.2, 0.25) is 5.02 Å². The Morgan fingerprint density at radius 1 is 1.12 bits per heavy atom. The Balaban J connectivity index is 1.86. The van der Waals surface area contributed by atoms with Crippen LogP contribution < -0.4 is 10.1 Å². The molecule has 1 heterocycles. The van der Waals surface area contributed by atoms with Crippen LogP contribution in [-0.4, -0.2) is 23.1 Å². The Bertz CT molecular complexity index is 617. The molecule has 0 spiro atoms. The van der Waals surface area contributed by atoms with Gasteiger partial charge in [-0.1, -0.05) is 44.0 Å². The molecular weight excluding hydrogens is 322 g/mol. The van der Waals surface area contributed by atoms with Crippen molar-refractivity contribution in [3.05, 3.63) is 46.9 Å². The molecule has 4 nitrogen and oxygen atoms in total. The second-order valence-electron chi connectivity index (χ2n) is 5.71. The van der Waals surface area contributed by atoms with Crippen LogP contribution in [0.4, 0.5) is 5.82 Å². The van der Waals surface area contributed by atoms with Crippen molar-refractivity contribution in [2.24, 2.45) is 0 Å². The van der Waals surface area contributed by atoms with Gasteiger partial charge in [-0.3, -0.25) is 0 Å². The van der Waals surface area contributed by atoms with Gasteiger partial charge in [-0.2, -0.15) is 0 Å². The van der Waals surface area contributed by atoms with Gasteiger partial charge in [-0.15, -0.1) is 0 Å². The SMILES string of the molecule is CCCCNc1nc(CC)ncc1OCCCc1ccc(Cl)cc1. The van der Waals surface area contributed by atoms with Crippen LogP contribution in [0.25, 0.3) is 0 Å². The lowest BCUT2D eigenvalue weighted by Gasteiger charge is -2.13. The maximum Gasteiger partial charge on any atom is 0.179 e. The zero-order valence-corrected chi connectivity index (χ0v) is 15.3. The number of halogens is 1. The monoisotopic (exact) mass is 347 g/mol. The Morgan fingerprint density at radius 2 is 1.92 bits per heavy atom. The van der Waals surface area contributed by atoms with Crippen molar-refractivity contribution in [3.63, 3.8) is 0 Å². The van der Waals surface area contributed by atoms with Crippen LogP contribution in [0.3, 0.4) is 0 Å². The summed E-state index contributed by atoms with van der Waals surface area (Å²) in [6, 6.07) is 7.95. The Kier molecular flexibility index (Phi) is 7.83. The lowest BCUT2D eigenvalue weighted by Crippen LogP contribution is -2.09. The summed E-state index contributed by atoms with van der Waals surface area (Å²) in [5.74, 6) is 2.38. The summed E-state index contributed by atoms with van der Waals surface area (Å²) >= 11 is 5.90. The van der Waals surface area contributed by atoms with E-state index in [1.165, 1.54) is 5.56 Å². The number of nitrogens with zero attached hydrogens (tertiary/aromatic N) is 2. The minimum absolute atomic E-state index is 0.639. The number of ether oxygens (including phenoxy) is 1. The van der Waals surface area contributed by atoms with Crippen LogP contribution in [0.1, 0.15) is 44.5 Å². The topological polar surface area (TPSA) is 47.0 Å². The number of aromatic nitrogens is 2. The number of benzene rings is 1. The fourth-order valence-corrected chi connectivity index (χ4v) is 2.43. The predicted octanol–water partition coefficient (Wildman–Crippen LogP) is 4.92. The van der Waals surface area contributed by atoms with Crippen LogP contribution in [0.5, 0.6) is 5.75 Å². The van der Waals surface area contributed by atoms with Gasteiger partial charge in [0.1, 0.15) is 5.82 Å². The average molecular weight is 348 g/mol. The smallest absolute Gasteiger partial charge is 0.179 e. The first-order valence-electron chi connectivity index (χ1n) is 8.70. The summed E-state index contributed by atoms with van der Waals surface area (Å²) in [6.07, 6.45) is 6.76. The summed E-state index contributed by atoms with van der Waals surface area (Å²) in [5, 5.41) is 4.13. The molecule has 1 aromatic heterocycles. The zero-order chi connectivity index (χ0) is 17.2. The van der Waals surface area contributed by atoms with Crippen LogP contribution in [0, 0.1) is 0 Å². The number of hydrogen-bond donors (Lipinski definition) is 1. The Morgan fingerprint density at radius 3 is 2.62 bits per heavy atom. The van der Waals surface area contributed by atoms with E-state index in [0.29, 0.717) is 6.61 Å². The Hall–Kier alpha value is -1.81. The summed E-state index contributed by atoms with van der Waals surface area (Å²) in [5.41, 5.74) is 1.27. The fourth-order valence-electron chi connectivity index (χ4n) is 2.30. The van der Waals surface area contributed by atoms with Gasteiger partial charge in [0.2, 0.25) is 0 Å². The van der Waals surface area contributed by atoms with Crippen LogP contribution in [-0.2, 0) is 12.8 Å². The van der Waals surface area contributed by atoms with Crippen molar-refractivity contribution >= 4 is 17.4 Å². The van der Waals surface area contributed by atoms with Crippen molar-refractivity contribution < 1.29 is 4.74 Å². The lowest BCUT2D eigenvalue weighted by atomic mass is 10.1. The molecule has 0 bridgehead atoms. The first-order chi connectivity index (χ1) is 11.7. The first-order valence-corrected chi connectivity index (χ1v) is 9.07. The highest BCUT2D eigenvalue weighted by Gasteiger charge is 2.07. The van der Waals surface area contributed by atoms with Crippen molar-refractivity contribution in [1.82, 2.24) is 9.97 Å². The molecule has 1 aromatic carbocycles. The molecule has 2 rings (SSSR count). The maximum atomic E-state index is 5.90. The fraction of sp³-hybridized carbons (Fsp3) is 0.474. The molecule has 0 saturated heterocycles. The van der Waals surface area contributed by atoms with Gasteiger partial charge in [0, 0.05) is 18.0 Å². The Labute approximate surface area is 149 Å². The van der Waals surface area contributed by atoms with Gasteiger partial charge >= 0.3 is 0 Å². The number of aryl methyl sites for hydroxylation is 2. The number of hydrogen-bond acceptors (Lipinski definition) is 4. The molecule has 0 atom stereocenters. The van der Waals surface area contributed by atoms with E-state index in [-0.39, 0.29) is 0 Å². The highest BCUT2D eigenvalue weighted by molar-refractivity contribution is 6.30. The molecule has 24 heavy (non-hydrogen) atoms. The quantitative estimate of drug-likeness (QED) is 0.620. The number of unbranched alkanes of at least 4 members (excludes halogenated alkanes) is 1. The molecule has 0 amide bonds. The lowest BCUT2D eigenvalue weighted by molar-refractivity contribution is 0.309. The summed E-state index contributed by atoms with van der Waals surface area (Å²) in [4.78, 5) is 8.89.